The minimum atomic E-state index is 0.190. The molecule has 0 aliphatic heterocycles. The van der Waals surface area contributed by atoms with Crippen molar-refractivity contribution < 1.29 is 4.74 Å². The fourth-order valence-corrected chi connectivity index (χ4v) is 1.14. The number of nitrogens with two attached hydrogens (primary N) is 1. The molecule has 0 spiro atoms. The summed E-state index contributed by atoms with van der Waals surface area (Å²) in [6.45, 7) is 4.82. The molecule has 0 radical (unpaired) electrons. The molecule has 0 saturated heterocycles. The van der Waals surface area contributed by atoms with Crippen molar-refractivity contribution in [3.05, 3.63) is 30.3 Å². The summed E-state index contributed by atoms with van der Waals surface area (Å²) in [7, 11) is 0. The average molecular weight is 194 g/mol. The van der Waals surface area contributed by atoms with Crippen LogP contribution in [0.1, 0.15) is 13.8 Å². The van der Waals surface area contributed by atoms with Crippen molar-refractivity contribution in [2.75, 3.05) is 6.61 Å². The van der Waals surface area contributed by atoms with E-state index >= 15 is 0 Å². The van der Waals surface area contributed by atoms with Gasteiger partial charge in [-0.05, 0) is 18.1 Å². The van der Waals surface area contributed by atoms with E-state index in [0.29, 0.717) is 12.5 Å². The number of hydrogen-bond acceptors (Lipinski definition) is 3. The molecule has 1 unspecified atom stereocenters. The molecule has 0 amide bonds. The van der Waals surface area contributed by atoms with Crippen molar-refractivity contribution in [2.45, 2.75) is 19.9 Å². The Morgan fingerprint density at radius 2 is 1.93 bits per heavy atom. The molecular weight excluding hydrogens is 176 g/mol. The first-order valence-electron chi connectivity index (χ1n) is 4.88. The summed E-state index contributed by atoms with van der Waals surface area (Å²) in [6.07, 6.45) is 0. The Bertz CT molecular complexity index is 249. The van der Waals surface area contributed by atoms with Gasteiger partial charge in [-0.3, -0.25) is 11.3 Å². The molecule has 1 aromatic rings. The summed E-state index contributed by atoms with van der Waals surface area (Å²) < 4.78 is 5.58. The van der Waals surface area contributed by atoms with E-state index in [1.54, 1.807) is 0 Å². The minimum Gasteiger partial charge on any atom is -0.492 e. The molecule has 78 valence electrons. The number of benzene rings is 1. The van der Waals surface area contributed by atoms with Crippen LogP contribution in [0.25, 0.3) is 0 Å². The summed E-state index contributed by atoms with van der Waals surface area (Å²) in [5, 5.41) is 0. The molecule has 0 aliphatic carbocycles. The van der Waals surface area contributed by atoms with Gasteiger partial charge in [0.25, 0.3) is 0 Å². The smallest absolute Gasteiger partial charge is 0.119 e. The number of para-hydroxylation sites is 1. The Kier molecular flexibility index (Phi) is 4.43. The van der Waals surface area contributed by atoms with Crippen LogP contribution in [0.2, 0.25) is 0 Å². The van der Waals surface area contributed by atoms with Crippen LogP contribution in [-0.4, -0.2) is 12.6 Å². The van der Waals surface area contributed by atoms with Crippen molar-refractivity contribution in [1.82, 2.24) is 5.43 Å². The van der Waals surface area contributed by atoms with E-state index in [1.807, 2.05) is 30.3 Å². The van der Waals surface area contributed by atoms with Gasteiger partial charge in [0.1, 0.15) is 12.4 Å². The lowest BCUT2D eigenvalue weighted by atomic mass is 10.1. The zero-order chi connectivity index (χ0) is 10.4. The zero-order valence-electron chi connectivity index (χ0n) is 8.73. The van der Waals surface area contributed by atoms with Gasteiger partial charge in [-0.1, -0.05) is 32.0 Å². The molecule has 1 atom stereocenters. The van der Waals surface area contributed by atoms with Gasteiger partial charge in [-0.15, -0.1) is 0 Å². The molecule has 3 heteroatoms. The first-order chi connectivity index (χ1) is 6.74. The van der Waals surface area contributed by atoms with Crippen LogP contribution in [0.5, 0.6) is 5.75 Å². The molecule has 3 nitrogen and oxygen atoms in total. The lowest BCUT2D eigenvalue weighted by molar-refractivity contribution is 0.231. The third-order valence-electron chi connectivity index (χ3n) is 2.19. The van der Waals surface area contributed by atoms with Crippen molar-refractivity contribution in [3.8, 4) is 5.75 Å². The lowest BCUT2D eigenvalue weighted by Crippen LogP contribution is -2.43. The standard InChI is InChI=1S/C11H18N2O/c1-9(2)11(13-12)8-14-10-6-4-3-5-7-10/h3-7,9,11,13H,8,12H2,1-2H3. The van der Waals surface area contributed by atoms with Gasteiger partial charge in [0, 0.05) is 0 Å². The maximum atomic E-state index is 5.58. The van der Waals surface area contributed by atoms with Crippen LogP contribution in [0.3, 0.4) is 0 Å². The van der Waals surface area contributed by atoms with Gasteiger partial charge < -0.3 is 4.74 Å². The summed E-state index contributed by atoms with van der Waals surface area (Å²) in [6, 6.07) is 9.94. The first-order valence-corrected chi connectivity index (χ1v) is 4.88. The predicted molar refractivity (Wildman–Crippen MR) is 57.9 cm³/mol. The number of hydrogen-bond donors (Lipinski definition) is 2. The molecule has 0 aromatic heterocycles. The molecule has 14 heavy (non-hydrogen) atoms. The second-order valence-electron chi connectivity index (χ2n) is 3.64. The number of ether oxygens (including phenoxy) is 1. The molecule has 3 N–H and O–H groups in total. The summed E-state index contributed by atoms with van der Waals surface area (Å²) in [5.41, 5.74) is 2.75. The predicted octanol–water partition coefficient (Wildman–Crippen LogP) is 1.55. The molecule has 0 saturated carbocycles. The van der Waals surface area contributed by atoms with E-state index in [-0.39, 0.29) is 6.04 Å². The highest BCUT2D eigenvalue weighted by molar-refractivity contribution is 5.20. The summed E-state index contributed by atoms with van der Waals surface area (Å²) in [4.78, 5) is 0. The highest BCUT2D eigenvalue weighted by Gasteiger charge is 2.11. The highest BCUT2D eigenvalue weighted by atomic mass is 16.5. The summed E-state index contributed by atoms with van der Waals surface area (Å²) >= 11 is 0. The molecular formula is C11H18N2O. The first kappa shape index (κ1) is 11.0. The van der Waals surface area contributed by atoms with Crippen molar-refractivity contribution in [1.29, 1.82) is 0 Å². The van der Waals surface area contributed by atoms with Gasteiger partial charge in [-0.2, -0.15) is 0 Å². The molecule has 0 heterocycles. The fourth-order valence-electron chi connectivity index (χ4n) is 1.14. The summed E-state index contributed by atoms with van der Waals surface area (Å²) in [5.74, 6) is 6.75. The maximum absolute atomic E-state index is 5.58. The second kappa shape index (κ2) is 5.62. The molecule has 0 bridgehead atoms. The number of nitrogens with one attached hydrogen (secondary N) is 1. The normalized spacial score (nSPS) is 12.9. The van der Waals surface area contributed by atoms with E-state index < -0.39 is 0 Å². The Morgan fingerprint density at radius 1 is 1.29 bits per heavy atom. The molecule has 0 aliphatic rings. The van der Waals surface area contributed by atoms with Crippen LogP contribution < -0.4 is 16.0 Å². The van der Waals surface area contributed by atoms with E-state index in [1.165, 1.54) is 0 Å². The lowest BCUT2D eigenvalue weighted by Gasteiger charge is -2.19. The van der Waals surface area contributed by atoms with Crippen LogP contribution in [-0.2, 0) is 0 Å². The highest BCUT2D eigenvalue weighted by Crippen LogP contribution is 2.10. The molecule has 1 rings (SSSR count). The van der Waals surface area contributed by atoms with Gasteiger partial charge in [0.05, 0.1) is 6.04 Å². The zero-order valence-corrected chi connectivity index (χ0v) is 8.73. The van der Waals surface area contributed by atoms with E-state index in [0.717, 1.165) is 5.75 Å². The Hall–Kier alpha value is -1.06. The van der Waals surface area contributed by atoms with Crippen LogP contribution in [0.15, 0.2) is 30.3 Å². The van der Waals surface area contributed by atoms with Gasteiger partial charge in [0.2, 0.25) is 0 Å². The number of hydrazine groups is 1. The topological polar surface area (TPSA) is 47.3 Å². The largest absolute Gasteiger partial charge is 0.492 e. The monoisotopic (exact) mass is 194 g/mol. The van der Waals surface area contributed by atoms with Gasteiger partial charge in [-0.25, -0.2) is 0 Å². The maximum Gasteiger partial charge on any atom is 0.119 e. The Balaban J connectivity index is 2.40. The Morgan fingerprint density at radius 3 is 2.43 bits per heavy atom. The number of rotatable bonds is 5. The third-order valence-corrected chi connectivity index (χ3v) is 2.19. The van der Waals surface area contributed by atoms with Crippen LogP contribution in [0.4, 0.5) is 0 Å². The SMILES string of the molecule is CC(C)C(COc1ccccc1)NN. The van der Waals surface area contributed by atoms with Crippen molar-refractivity contribution >= 4 is 0 Å². The second-order valence-corrected chi connectivity index (χ2v) is 3.64. The van der Waals surface area contributed by atoms with E-state index in [2.05, 4.69) is 19.3 Å². The third kappa shape index (κ3) is 3.36. The van der Waals surface area contributed by atoms with E-state index in [4.69, 9.17) is 10.6 Å². The minimum absolute atomic E-state index is 0.190. The van der Waals surface area contributed by atoms with Crippen molar-refractivity contribution in [2.24, 2.45) is 11.8 Å². The molecule has 1 aromatic carbocycles. The van der Waals surface area contributed by atoms with Crippen LogP contribution >= 0.6 is 0 Å². The fraction of sp³-hybridized carbons (Fsp3) is 0.455. The van der Waals surface area contributed by atoms with E-state index in [9.17, 15) is 0 Å². The van der Waals surface area contributed by atoms with Crippen molar-refractivity contribution in [3.63, 3.8) is 0 Å². The van der Waals surface area contributed by atoms with Crippen LogP contribution in [0, 0.1) is 5.92 Å². The van der Waals surface area contributed by atoms with Gasteiger partial charge in [0.15, 0.2) is 0 Å². The Labute approximate surface area is 85.2 Å². The van der Waals surface area contributed by atoms with Gasteiger partial charge >= 0.3 is 0 Å². The quantitative estimate of drug-likeness (QED) is 0.552. The molecule has 0 fully saturated rings. The average Bonchev–Trinajstić information content (AvgIpc) is 2.20.